The first kappa shape index (κ1) is 36.0. The van der Waals surface area contributed by atoms with Crippen LogP contribution < -0.4 is 19.1 Å². The second-order valence-electron chi connectivity index (χ2n) is 12.8. The van der Waals surface area contributed by atoms with Crippen LogP contribution in [0.2, 0.25) is 0 Å². The minimum Gasteiger partial charge on any atom is -0.493 e. The number of nitrogens with zero attached hydrogens (tertiary/aromatic N) is 2. The van der Waals surface area contributed by atoms with Crippen molar-refractivity contribution < 1.29 is 27.5 Å². The summed E-state index contributed by atoms with van der Waals surface area (Å²) in [5.74, 6) is -0.269. The molecule has 0 aliphatic rings. The van der Waals surface area contributed by atoms with Gasteiger partial charge in [-0.25, -0.2) is 8.42 Å². The molecule has 4 aromatic carbocycles. The van der Waals surface area contributed by atoms with Gasteiger partial charge < -0.3 is 19.7 Å². The van der Waals surface area contributed by atoms with Crippen LogP contribution in [0, 0.1) is 13.8 Å². The molecule has 2 amide bonds. The summed E-state index contributed by atoms with van der Waals surface area (Å²) in [5, 5.41) is 3.05. The molecule has 4 rings (SSSR count). The number of hydrogen-bond acceptors (Lipinski definition) is 6. The van der Waals surface area contributed by atoms with Gasteiger partial charge >= 0.3 is 0 Å². The lowest BCUT2D eigenvalue weighted by Gasteiger charge is -2.35. The van der Waals surface area contributed by atoms with Crippen molar-refractivity contribution in [2.45, 2.75) is 64.1 Å². The Bertz CT molecular complexity index is 1800. The number of anilines is 1. The van der Waals surface area contributed by atoms with E-state index in [0.717, 1.165) is 26.6 Å². The van der Waals surface area contributed by atoms with E-state index >= 15 is 0 Å². The zero-order valence-corrected chi connectivity index (χ0v) is 29.5. The molecule has 0 radical (unpaired) electrons. The van der Waals surface area contributed by atoms with Crippen molar-refractivity contribution in [3.63, 3.8) is 0 Å². The molecule has 0 heterocycles. The standard InChI is InChI=1S/C38H45N3O6S/c1-27-20-28(2)22-31(21-27)41(48(44,45)32-18-19-34(46-6)35(24-32)47-7)26-36(42)40(25-30-16-12-9-13-17-30)33(37(43)39-38(3,4)5)23-29-14-10-8-11-15-29/h8-22,24,33H,23,25-26H2,1-7H3,(H,39,43)/t33-/m1/s1. The first-order chi connectivity index (χ1) is 22.7. The number of benzene rings is 4. The van der Waals surface area contributed by atoms with E-state index < -0.39 is 34.1 Å². The highest BCUT2D eigenvalue weighted by atomic mass is 32.2. The third-order valence-corrected chi connectivity index (χ3v) is 9.45. The lowest BCUT2D eigenvalue weighted by atomic mass is 10.0. The number of amides is 2. The molecular weight excluding hydrogens is 627 g/mol. The Morgan fingerprint density at radius 1 is 0.771 bits per heavy atom. The number of carbonyl (C=O) groups excluding carboxylic acids is 2. The minimum absolute atomic E-state index is 0.0759. The monoisotopic (exact) mass is 671 g/mol. The topological polar surface area (TPSA) is 105 Å². The molecule has 10 heteroatoms. The Morgan fingerprint density at radius 2 is 1.33 bits per heavy atom. The summed E-state index contributed by atoms with van der Waals surface area (Å²) in [6, 6.07) is 27.6. The molecule has 0 spiro atoms. The molecule has 0 bridgehead atoms. The van der Waals surface area contributed by atoms with Crippen LogP contribution in [-0.4, -0.2) is 57.5 Å². The molecule has 0 aliphatic heterocycles. The van der Waals surface area contributed by atoms with Gasteiger partial charge in [0.25, 0.3) is 10.0 Å². The number of ether oxygens (including phenoxy) is 2. The van der Waals surface area contributed by atoms with Gasteiger partial charge in [-0.15, -0.1) is 0 Å². The quantitative estimate of drug-likeness (QED) is 0.185. The van der Waals surface area contributed by atoms with E-state index in [1.54, 1.807) is 12.1 Å². The first-order valence-electron chi connectivity index (χ1n) is 15.7. The maximum absolute atomic E-state index is 14.7. The maximum Gasteiger partial charge on any atom is 0.264 e. The fraction of sp³-hybridized carbons (Fsp3) is 0.316. The van der Waals surface area contributed by atoms with E-state index in [2.05, 4.69) is 5.32 Å². The zero-order chi connectivity index (χ0) is 35.1. The summed E-state index contributed by atoms with van der Waals surface area (Å²) in [6.45, 7) is 8.91. The van der Waals surface area contributed by atoms with Gasteiger partial charge in [0.1, 0.15) is 12.6 Å². The summed E-state index contributed by atoms with van der Waals surface area (Å²) < 4.78 is 40.9. The van der Waals surface area contributed by atoms with Gasteiger partial charge in [0.05, 0.1) is 24.8 Å². The van der Waals surface area contributed by atoms with Gasteiger partial charge in [-0.3, -0.25) is 13.9 Å². The summed E-state index contributed by atoms with van der Waals surface area (Å²) in [7, 11) is -1.44. The molecule has 0 aromatic heterocycles. The lowest BCUT2D eigenvalue weighted by Crippen LogP contribution is -2.56. The number of hydrogen-bond donors (Lipinski definition) is 1. The number of carbonyl (C=O) groups is 2. The van der Waals surface area contributed by atoms with Crippen molar-refractivity contribution in [3.05, 3.63) is 119 Å². The number of methoxy groups -OCH3 is 2. The van der Waals surface area contributed by atoms with Crippen LogP contribution in [0.3, 0.4) is 0 Å². The van der Waals surface area contributed by atoms with Gasteiger partial charge in [-0.05, 0) is 81.1 Å². The highest BCUT2D eigenvalue weighted by Crippen LogP contribution is 2.33. The van der Waals surface area contributed by atoms with Crippen molar-refractivity contribution in [2.24, 2.45) is 0 Å². The number of sulfonamides is 1. The molecule has 0 saturated heterocycles. The van der Waals surface area contributed by atoms with Crippen LogP contribution >= 0.6 is 0 Å². The average Bonchev–Trinajstić information content (AvgIpc) is 3.04. The molecule has 0 aliphatic carbocycles. The van der Waals surface area contributed by atoms with Crippen LogP contribution in [0.1, 0.15) is 43.0 Å². The van der Waals surface area contributed by atoms with Gasteiger partial charge in [0.15, 0.2) is 11.5 Å². The van der Waals surface area contributed by atoms with E-state index in [-0.39, 0.29) is 29.5 Å². The Labute approximate surface area is 284 Å². The summed E-state index contributed by atoms with van der Waals surface area (Å²) in [6.07, 6.45) is 0.229. The molecule has 0 unspecified atom stereocenters. The highest BCUT2D eigenvalue weighted by molar-refractivity contribution is 7.92. The van der Waals surface area contributed by atoms with Crippen LogP contribution in [0.25, 0.3) is 0 Å². The molecule has 0 saturated carbocycles. The third-order valence-electron chi connectivity index (χ3n) is 7.68. The molecule has 9 nitrogen and oxygen atoms in total. The van der Waals surface area contributed by atoms with Crippen molar-refractivity contribution in [2.75, 3.05) is 25.1 Å². The normalized spacial score (nSPS) is 12.1. The molecule has 0 fully saturated rings. The van der Waals surface area contributed by atoms with Gasteiger partial charge in [-0.2, -0.15) is 0 Å². The van der Waals surface area contributed by atoms with Crippen LogP contribution in [-0.2, 0) is 32.6 Å². The minimum atomic E-state index is -4.33. The lowest BCUT2D eigenvalue weighted by molar-refractivity contribution is -0.140. The van der Waals surface area contributed by atoms with Gasteiger partial charge in [0.2, 0.25) is 11.8 Å². The molecule has 4 aromatic rings. The first-order valence-corrected chi connectivity index (χ1v) is 17.2. The van der Waals surface area contributed by atoms with E-state index in [1.807, 2.05) is 101 Å². The Kier molecular flexibility index (Phi) is 11.5. The predicted molar refractivity (Wildman–Crippen MR) is 189 cm³/mol. The Morgan fingerprint density at radius 3 is 1.88 bits per heavy atom. The average molecular weight is 672 g/mol. The second kappa shape index (κ2) is 15.4. The smallest absolute Gasteiger partial charge is 0.264 e. The molecular formula is C38H45N3O6S. The molecule has 1 N–H and O–H groups in total. The molecule has 48 heavy (non-hydrogen) atoms. The summed E-state index contributed by atoms with van der Waals surface area (Å²) in [5.41, 5.74) is 3.08. The molecule has 254 valence electrons. The Balaban J connectivity index is 1.85. The number of nitrogens with one attached hydrogen (secondary N) is 1. The summed E-state index contributed by atoms with van der Waals surface area (Å²) >= 11 is 0. The fourth-order valence-corrected chi connectivity index (χ4v) is 6.93. The number of aryl methyl sites for hydroxylation is 2. The number of rotatable bonds is 13. The van der Waals surface area contributed by atoms with Crippen molar-refractivity contribution >= 4 is 27.5 Å². The van der Waals surface area contributed by atoms with E-state index in [4.69, 9.17) is 9.47 Å². The van der Waals surface area contributed by atoms with Crippen molar-refractivity contribution in [1.82, 2.24) is 10.2 Å². The second-order valence-corrected chi connectivity index (χ2v) is 14.7. The Hall–Kier alpha value is -4.83. The van der Waals surface area contributed by atoms with Crippen LogP contribution in [0.15, 0.2) is 102 Å². The van der Waals surface area contributed by atoms with Gasteiger partial charge in [-0.1, -0.05) is 66.7 Å². The SMILES string of the molecule is COc1ccc(S(=O)(=O)N(CC(=O)N(Cc2ccccc2)[C@H](Cc2ccccc2)C(=O)NC(C)(C)C)c2cc(C)cc(C)c2)cc1OC. The maximum atomic E-state index is 14.7. The van der Waals surface area contributed by atoms with Crippen LogP contribution in [0.5, 0.6) is 11.5 Å². The third kappa shape index (κ3) is 9.16. The summed E-state index contributed by atoms with van der Waals surface area (Å²) in [4.78, 5) is 30.1. The largest absolute Gasteiger partial charge is 0.493 e. The fourth-order valence-electron chi connectivity index (χ4n) is 5.51. The molecule has 1 atom stereocenters. The van der Waals surface area contributed by atoms with Crippen molar-refractivity contribution in [1.29, 1.82) is 0 Å². The zero-order valence-electron chi connectivity index (χ0n) is 28.7. The van der Waals surface area contributed by atoms with Crippen molar-refractivity contribution in [3.8, 4) is 11.5 Å². The predicted octanol–water partition coefficient (Wildman–Crippen LogP) is 6.07. The van der Waals surface area contributed by atoms with Crippen LogP contribution in [0.4, 0.5) is 5.69 Å². The van der Waals surface area contributed by atoms with E-state index in [0.29, 0.717) is 11.4 Å². The van der Waals surface area contributed by atoms with E-state index in [9.17, 15) is 18.0 Å². The van der Waals surface area contributed by atoms with Gasteiger partial charge in [0, 0.05) is 24.6 Å². The highest BCUT2D eigenvalue weighted by Gasteiger charge is 2.36. The van der Waals surface area contributed by atoms with E-state index in [1.165, 1.54) is 37.3 Å².